The van der Waals surface area contributed by atoms with E-state index in [-0.39, 0.29) is 5.91 Å². The molecule has 6 nitrogen and oxygen atoms in total. The van der Waals surface area contributed by atoms with Crippen molar-refractivity contribution in [3.05, 3.63) is 53.3 Å². The monoisotopic (exact) mass is 340 g/mol. The van der Waals surface area contributed by atoms with Crippen LogP contribution in [0.3, 0.4) is 0 Å². The number of rotatable bonds is 2. The number of amides is 3. The predicted octanol–water partition coefficient (Wildman–Crippen LogP) is 2.32. The van der Waals surface area contributed by atoms with Gasteiger partial charge >= 0.3 is 6.03 Å². The summed E-state index contributed by atoms with van der Waals surface area (Å²) in [6, 6.07) is 11.4. The molecule has 0 bridgehead atoms. The summed E-state index contributed by atoms with van der Waals surface area (Å²) >= 11 is 0. The first-order valence-electron chi connectivity index (χ1n) is 8.56. The number of nitrogens with two attached hydrogens (primary N) is 1. The van der Waals surface area contributed by atoms with Gasteiger partial charge in [-0.2, -0.15) is 0 Å². The Morgan fingerprint density at radius 1 is 0.840 bits per heavy atom. The molecule has 3 rings (SSSR count). The molecular formula is C19H24N4O2. The zero-order valence-electron chi connectivity index (χ0n) is 14.7. The fourth-order valence-corrected chi connectivity index (χ4v) is 3.35. The Morgan fingerprint density at radius 3 is 2.00 bits per heavy atom. The van der Waals surface area contributed by atoms with Gasteiger partial charge in [-0.15, -0.1) is 0 Å². The van der Waals surface area contributed by atoms with Crippen molar-refractivity contribution < 1.29 is 9.59 Å². The predicted molar refractivity (Wildman–Crippen MR) is 96.9 cm³/mol. The lowest BCUT2D eigenvalue weighted by molar-refractivity contribution is 0.0762. The number of aryl methyl sites for hydroxylation is 2. The number of urea groups is 1. The summed E-state index contributed by atoms with van der Waals surface area (Å²) in [5.74, 6) is -0.00109. The molecule has 2 heterocycles. The second-order valence-corrected chi connectivity index (χ2v) is 6.47. The maximum atomic E-state index is 12.7. The van der Waals surface area contributed by atoms with Gasteiger partial charge in [0.1, 0.15) is 0 Å². The van der Waals surface area contributed by atoms with E-state index < -0.39 is 6.03 Å². The molecule has 1 fully saturated rings. The van der Waals surface area contributed by atoms with Crippen molar-refractivity contribution in [1.82, 2.24) is 14.4 Å². The van der Waals surface area contributed by atoms with Gasteiger partial charge in [0.25, 0.3) is 5.91 Å². The maximum Gasteiger partial charge on any atom is 0.314 e. The number of aromatic nitrogens is 1. The van der Waals surface area contributed by atoms with Gasteiger partial charge in [-0.25, -0.2) is 4.79 Å². The number of carbonyl (C=O) groups excluding carboxylic acids is 2. The normalized spacial score (nSPS) is 15.1. The SMILES string of the molecule is Cc1ccc(C)n1-c1ccc(C(=O)N2CCCN(C(N)=O)CC2)cc1. The third-order valence-electron chi connectivity index (χ3n) is 4.74. The fourth-order valence-electron chi connectivity index (χ4n) is 3.35. The molecule has 1 aliphatic rings. The third-order valence-corrected chi connectivity index (χ3v) is 4.74. The van der Waals surface area contributed by atoms with Gasteiger partial charge in [0.2, 0.25) is 0 Å². The minimum absolute atomic E-state index is 0.00109. The number of hydrogen-bond donors (Lipinski definition) is 1. The number of hydrogen-bond acceptors (Lipinski definition) is 2. The molecule has 1 aliphatic heterocycles. The summed E-state index contributed by atoms with van der Waals surface area (Å²) in [6.07, 6.45) is 0.745. The Hall–Kier alpha value is -2.76. The lowest BCUT2D eigenvalue weighted by Gasteiger charge is -2.21. The van der Waals surface area contributed by atoms with E-state index >= 15 is 0 Å². The molecule has 1 aromatic carbocycles. The van der Waals surface area contributed by atoms with Crippen molar-refractivity contribution in [1.29, 1.82) is 0 Å². The molecule has 132 valence electrons. The van der Waals surface area contributed by atoms with Crippen LogP contribution in [0, 0.1) is 13.8 Å². The second kappa shape index (κ2) is 7.01. The van der Waals surface area contributed by atoms with Crippen molar-refractivity contribution >= 4 is 11.9 Å². The Bertz CT molecular complexity index is 760. The van der Waals surface area contributed by atoms with E-state index in [1.807, 2.05) is 24.3 Å². The highest BCUT2D eigenvalue weighted by atomic mass is 16.2. The van der Waals surface area contributed by atoms with Crippen molar-refractivity contribution in [3.63, 3.8) is 0 Å². The molecule has 3 amide bonds. The average Bonchev–Trinajstić information content (AvgIpc) is 2.80. The van der Waals surface area contributed by atoms with Gasteiger partial charge in [0, 0.05) is 48.8 Å². The Balaban J connectivity index is 1.74. The van der Waals surface area contributed by atoms with Crippen LogP contribution in [0.25, 0.3) is 5.69 Å². The summed E-state index contributed by atoms with van der Waals surface area (Å²) in [5, 5.41) is 0. The number of nitrogens with zero attached hydrogens (tertiary/aromatic N) is 3. The highest BCUT2D eigenvalue weighted by molar-refractivity contribution is 5.94. The first-order valence-corrected chi connectivity index (χ1v) is 8.56. The van der Waals surface area contributed by atoms with Crippen LogP contribution in [-0.4, -0.2) is 52.5 Å². The molecule has 0 unspecified atom stereocenters. The molecule has 0 spiro atoms. The minimum Gasteiger partial charge on any atom is -0.351 e. The summed E-state index contributed by atoms with van der Waals surface area (Å²) < 4.78 is 2.16. The molecule has 0 saturated carbocycles. The molecule has 0 atom stereocenters. The number of primary amides is 1. The molecule has 1 saturated heterocycles. The van der Waals surface area contributed by atoms with Crippen LogP contribution in [0.1, 0.15) is 28.2 Å². The summed E-state index contributed by atoms with van der Waals surface area (Å²) in [7, 11) is 0. The Morgan fingerprint density at radius 2 is 1.40 bits per heavy atom. The lowest BCUT2D eigenvalue weighted by atomic mass is 10.1. The molecule has 2 aromatic rings. The maximum absolute atomic E-state index is 12.7. The van der Waals surface area contributed by atoms with Gasteiger partial charge < -0.3 is 20.1 Å². The lowest BCUT2D eigenvalue weighted by Crippen LogP contribution is -2.39. The largest absolute Gasteiger partial charge is 0.351 e. The quantitative estimate of drug-likeness (QED) is 0.911. The van der Waals surface area contributed by atoms with Gasteiger partial charge in [0.15, 0.2) is 0 Å². The van der Waals surface area contributed by atoms with Crippen LogP contribution < -0.4 is 5.73 Å². The van der Waals surface area contributed by atoms with Crippen molar-refractivity contribution in [2.45, 2.75) is 20.3 Å². The van der Waals surface area contributed by atoms with Crippen LogP contribution in [-0.2, 0) is 0 Å². The van der Waals surface area contributed by atoms with E-state index in [2.05, 4.69) is 30.5 Å². The Kier molecular flexibility index (Phi) is 4.79. The molecule has 6 heteroatoms. The van der Waals surface area contributed by atoms with Crippen molar-refractivity contribution in [2.24, 2.45) is 5.73 Å². The van der Waals surface area contributed by atoms with Gasteiger partial charge in [-0.1, -0.05) is 0 Å². The highest BCUT2D eigenvalue weighted by Crippen LogP contribution is 2.18. The van der Waals surface area contributed by atoms with E-state index in [0.29, 0.717) is 31.7 Å². The third kappa shape index (κ3) is 3.52. The van der Waals surface area contributed by atoms with E-state index in [1.54, 1.807) is 9.80 Å². The Labute approximate surface area is 147 Å². The van der Waals surface area contributed by atoms with E-state index in [9.17, 15) is 9.59 Å². The first-order chi connectivity index (χ1) is 12.0. The molecule has 2 N–H and O–H groups in total. The summed E-state index contributed by atoms with van der Waals surface area (Å²) in [4.78, 5) is 27.4. The minimum atomic E-state index is -0.420. The molecule has 25 heavy (non-hydrogen) atoms. The van der Waals surface area contributed by atoms with E-state index in [0.717, 1.165) is 23.5 Å². The van der Waals surface area contributed by atoms with Gasteiger partial charge in [-0.05, 0) is 56.7 Å². The first kappa shape index (κ1) is 17.1. The van der Waals surface area contributed by atoms with E-state index in [4.69, 9.17) is 5.73 Å². The zero-order chi connectivity index (χ0) is 18.0. The topological polar surface area (TPSA) is 71.6 Å². The second-order valence-electron chi connectivity index (χ2n) is 6.47. The summed E-state index contributed by atoms with van der Waals surface area (Å²) in [5.41, 5.74) is 9.38. The van der Waals surface area contributed by atoms with Crippen LogP contribution in [0.15, 0.2) is 36.4 Å². The van der Waals surface area contributed by atoms with E-state index in [1.165, 1.54) is 0 Å². The smallest absolute Gasteiger partial charge is 0.314 e. The molecule has 0 radical (unpaired) electrons. The fraction of sp³-hybridized carbons (Fsp3) is 0.368. The van der Waals surface area contributed by atoms with Crippen molar-refractivity contribution in [3.8, 4) is 5.69 Å². The van der Waals surface area contributed by atoms with Crippen LogP contribution in [0.2, 0.25) is 0 Å². The van der Waals surface area contributed by atoms with Crippen LogP contribution in [0.4, 0.5) is 4.79 Å². The number of benzene rings is 1. The highest BCUT2D eigenvalue weighted by Gasteiger charge is 2.21. The molecular weight excluding hydrogens is 316 g/mol. The summed E-state index contributed by atoms with van der Waals surface area (Å²) in [6.45, 7) is 6.37. The molecule has 0 aliphatic carbocycles. The zero-order valence-corrected chi connectivity index (χ0v) is 14.7. The molecule has 1 aromatic heterocycles. The van der Waals surface area contributed by atoms with Crippen LogP contribution >= 0.6 is 0 Å². The number of carbonyl (C=O) groups is 2. The van der Waals surface area contributed by atoms with Gasteiger partial charge in [-0.3, -0.25) is 4.79 Å². The average molecular weight is 340 g/mol. The van der Waals surface area contributed by atoms with Crippen molar-refractivity contribution in [2.75, 3.05) is 26.2 Å². The van der Waals surface area contributed by atoms with Gasteiger partial charge in [0.05, 0.1) is 0 Å². The van der Waals surface area contributed by atoms with Crippen LogP contribution in [0.5, 0.6) is 0 Å². The standard InChI is InChI=1S/C19H24N4O2/c1-14-4-5-15(2)23(14)17-8-6-16(7-9-17)18(24)21-10-3-11-22(13-12-21)19(20)25/h4-9H,3,10-13H2,1-2H3,(H2,20,25).